The molecule has 1 heterocycles. The van der Waals surface area contributed by atoms with Gasteiger partial charge in [-0.1, -0.05) is 24.3 Å². The Labute approximate surface area is 138 Å². The van der Waals surface area contributed by atoms with Crippen molar-refractivity contribution >= 4 is 22.9 Å². The first-order chi connectivity index (χ1) is 11.1. The van der Waals surface area contributed by atoms with Crippen LogP contribution in [0.5, 0.6) is 5.75 Å². The van der Waals surface area contributed by atoms with Crippen molar-refractivity contribution in [3.63, 3.8) is 0 Å². The largest absolute Gasteiger partial charge is 0.508 e. The van der Waals surface area contributed by atoms with Gasteiger partial charge in [-0.2, -0.15) is 0 Å². The van der Waals surface area contributed by atoms with E-state index in [2.05, 4.69) is 10.3 Å². The lowest BCUT2D eigenvalue weighted by molar-refractivity contribution is -0.115. The number of aromatic nitrogens is 1. The summed E-state index contributed by atoms with van der Waals surface area (Å²) < 4.78 is 0. The van der Waals surface area contributed by atoms with Gasteiger partial charge in [-0.05, 0) is 36.8 Å². The molecule has 1 amide bonds. The summed E-state index contributed by atoms with van der Waals surface area (Å²) in [6, 6.07) is 14.3. The fourth-order valence-corrected chi connectivity index (χ4v) is 2.85. The normalized spacial score (nSPS) is 10.5. The van der Waals surface area contributed by atoms with Crippen LogP contribution >= 0.6 is 11.3 Å². The van der Waals surface area contributed by atoms with E-state index in [1.54, 1.807) is 35.6 Å². The van der Waals surface area contributed by atoms with Crippen molar-refractivity contribution in [2.75, 3.05) is 5.32 Å². The average molecular weight is 324 g/mol. The molecule has 0 spiro atoms. The highest BCUT2D eigenvalue weighted by Gasteiger charge is 2.06. The Morgan fingerprint density at radius 1 is 1.13 bits per heavy atom. The molecule has 1 aromatic heterocycles. The minimum absolute atomic E-state index is 0.0899. The minimum Gasteiger partial charge on any atom is -0.508 e. The SMILES string of the molecule is Cc1nc(-c2ccc(NC(=O)Cc3ccc(O)cc3)cc2)cs1. The van der Waals surface area contributed by atoms with Gasteiger partial charge in [0.25, 0.3) is 0 Å². The van der Waals surface area contributed by atoms with E-state index in [1.807, 2.05) is 36.6 Å². The highest BCUT2D eigenvalue weighted by molar-refractivity contribution is 7.09. The maximum absolute atomic E-state index is 12.0. The molecule has 116 valence electrons. The molecule has 3 aromatic rings. The smallest absolute Gasteiger partial charge is 0.228 e. The van der Waals surface area contributed by atoms with Crippen LogP contribution in [-0.4, -0.2) is 16.0 Å². The number of phenolic OH excluding ortho intramolecular Hbond substituents is 1. The third-order valence-corrected chi connectivity index (χ3v) is 4.16. The predicted octanol–water partition coefficient (Wildman–Crippen LogP) is 4.01. The topological polar surface area (TPSA) is 62.2 Å². The summed E-state index contributed by atoms with van der Waals surface area (Å²) in [5.41, 5.74) is 3.60. The summed E-state index contributed by atoms with van der Waals surface area (Å²) in [7, 11) is 0. The van der Waals surface area contributed by atoms with Crippen LogP contribution in [0.1, 0.15) is 10.6 Å². The first kappa shape index (κ1) is 15.2. The Kier molecular flexibility index (Phi) is 4.39. The third kappa shape index (κ3) is 3.96. The van der Waals surface area contributed by atoms with Crippen LogP contribution in [-0.2, 0) is 11.2 Å². The first-order valence-corrected chi connectivity index (χ1v) is 8.08. The summed E-state index contributed by atoms with van der Waals surface area (Å²) in [4.78, 5) is 16.5. The van der Waals surface area contributed by atoms with Crippen molar-refractivity contribution in [1.29, 1.82) is 0 Å². The van der Waals surface area contributed by atoms with Gasteiger partial charge >= 0.3 is 0 Å². The second-order valence-corrected chi connectivity index (χ2v) is 6.28. The Morgan fingerprint density at radius 3 is 2.43 bits per heavy atom. The maximum Gasteiger partial charge on any atom is 0.228 e. The van der Waals surface area contributed by atoms with Crippen LogP contribution in [0.4, 0.5) is 5.69 Å². The molecule has 0 aliphatic carbocycles. The summed E-state index contributed by atoms with van der Waals surface area (Å²) in [6.07, 6.45) is 0.271. The molecule has 0 saturated carbocycles. The van der Waals surface area contributed by atoms with Crippen molar-refractivity contribution in [1.82, 2.24) is 4.98 Å². The summed E-state index contributed by atoms with van der Waals surface area (Å²) in [6.45, 7) is 1.98. The summed E-state index contributed by atoms with van der Waals surface area (Å²) in [5, 5.41) is 15.2. The van der Waals surface area contributed by atoms with Crippen LogP contribution in [0.25, 0.3) is 11.3 Å². The monoisotopic (exact) mass is 324 g/mol. The van der Waals surface area contributed by atoms with Crippen molar-refractivity contribution < 1.29 is 9.90 Å². The number of aryl methyl sites for hydroxylation is 1. The molecule has 0 saturated heterocycles. The number of aromatic hydroxyl groups is 1. The van der Waals surface area contributed by atoms with Gasteiger partial charge in [-0.25, -0.2) is 4.98 Å². The van der Waals surface area contributed by atoms with Gasteiger partial charge in [0, 0.05) is 16.6 Å². The Bertz CT molecular complexity index is 808. The van der Waals surface area contributed by atoms with Crippen LogP contribution in [0.3, 0.4) is 0 Å². The highest BCUT2D eigenvalue weighted by atomic mass is 32.1. The molecule has 0 unspecified atom stereocenters. The number of benzene rings is 2. The van der Waals surface area contributed by atoms with Gasteiger partial charge in [-0.15, -0.1) is 11.3 Å². The molecule has 0 bridgehead atoms. The number of amides is 1. The lowest BCUT2D eigenvalue weighted by Crippen LogP contribution is -2.14. The molecular formula is C18H16N2O2S. The lowest BCUT2D eigenvalue weighted by Gasteiger charge is -2.06. The minimum atomic E-state index is -0.0899. The van der Waals surface area contributed by atoms with E-state index in [-0.39, 0.29) is 18.1 Å². The molecule has 2 aromatic carbocycles. The van der Waals surface area contributed by atoms with E-state index in [0.717, 1.165) is 27.5 Å². The van der Waals surface area contributed by atoms with Gasteiger partial charge in [-0.3, -0.25) is 4.79 Å². The van der Waals surface area contributed by atoms with Gasteiger partial charge in [0.1, 0.15) is 5.75 Å². The molecule has 0 aliphatic heterocycles. The molecule has 0 fully saturated rings. The Morgan fingerprint density at radius 2 is 1.83 bits per heavy atom. The van der Waals surface area contributed by atoms with Crippen molar-refractivity contribution in [3.05, 3.63) is 64.5 Å². The van der Waals surface area contributed by atoms with Crippen LogP contribution in [0, 0.1) is 6.92 Å². The molecule has 0 aliphatic rings. The number of hydrogen-bond acceptors (Lipinski definition) is 4. The number of rotatable bonds is 4. The van der Waals surface area contributed by atoms with Gasteiger partial charge in [0.15, 0.2) is 0 Å². The number of carbonyl (C=O) groups excluding carboxylic acids is 1. The van der Waals surface area contributed by atoms with Crippen LogP contribution < -0.4 is 5.32 Å². The Balaban J connectivity index is 1.63. The molecule has 23 heavy (non-hydrogen) atoms. The zero-order chi connectivity index (χ0) is 16.2. The van der Waals surface area contributed by atoms with Gasteiger partial charge in [0.2, 0.25) is 5.91 Å². The molecule has 0 atom stereocenters. The standard InChI is InChI=1S/C18H16N2O2S/c1-12-19-17(11-23-12)14-4-6-15(7-5-14)20-18(22)10-13-2-8-16(21)9-3-13/h2-9,11,21H,10H2,1H3,(H,20,22). The zero-order valence-corrected chi connectivity index (χ0v) is 13.4. The molecule has 0 radical (unpaired) electrons. The lowest BCUT2D eigenvalue weighted by atomic mass is 10.1. The summed E-state index contributed by atoms with van der Waals surface area (Å²) >= 11 is 1.62. The highest BCUT2D eigenvalue weighted by Crippen LogP contribution is 2.23. The van der Waals surface area contributed by atoms with Crippen LogP contribution in [0.2, 0.25) is 0 Å². The predicted molar refractivity (Wildman–Crippen MR) is 92.7 cm³/mol. The molecule has 3 rings (SSSR count). The van der Waals surface area contributed by atoms with E-state index in [9.17, 15) is 9.90 Å². The van der Waals surface area contributed by atoms with E-state index in [0.29, 0.717) is 0 Å². The Hall–Kier alpha value is -2.66. The van der Waals surface area contributed by atoms with E-state index in [4.69, 9.17) is 0 Å². The van der Waals surface area contributed by atoms with Crippen LogP contribution in [0.15, 0.2) is 53.9 Å². The van der Waals surface area contributed by atoms with E-state index >= 15 is 0 Å². The fraction of sp³-hybridized carbons (Fsp3) is 0.111. The molecule has 4 nitrogen and oxygen atoms in total. The van der Waals surface area contributed by atoms with Gasteiger partial charge in [0.05, 0.1) is 17.1 Å². The number of anilines is 1. The molecule has 2 N–H and O–H groups in total. The van der Waals surface area contributed by atoms with Crippen molar-refractivity contribution in [2.45, 2.75) is 13.3 Å². The number of nitrogens with one attached hydrogen (secondary N) is 1. The zero-order valence-electron chi connectivity index (χ0n) is 12.6. The third-order valence-electron chi connectivity index (χ3n) is 3.38. The number of phenols is 1. The number of carbonyl (C=O) groups is 1. The van der Waals surface area contributed by atoms with Gasteiger partial charge < -0.3 is 10.4 Å². The average Bonchev–Trinajstić information content (AvgIpc) is 2.97. The number of hydrogen-bond donors (Lipinski definition) is 2. The second-order valence-electron chi connectivity index (χ2n) is 5.22. The molecule has 5 heteroatoms. The second kappa shape index (κ2) is 6.62. The first-order valence-electron chi connectivity index (χ1n) is 7.20. The van der Waals surface area contributed by atoms with Crippen molar-refractivity contribution in [3.8, 4) is 17.0 Å². The quantitative estimate of drug-likeness (QED) is 0.762. The molecular weight excluding hydrogens is 308 g/mol. The van der Waals surface area contributed by atoms with Crippen molar-refractivity contribution in [2.24, 2.45) is 0 Å². The number of thiazole rings is 1. The summed E-state index contributed by atoms with van der Waals surface area (Å²) in [5.74, 6) is 0.106. The maximum atomic E-state index is 12.0. The van der Waals surface area contributed by atoms with E-state index < -0.39 is 0 Å². The van der Waals surface area contributed by atoms with E-state index in [1.165, 1.54) is 0 Å². The number of nitrogens with zero attached hydrogens (tertiary/aromatic N) is 1. The fourth-order valence-electron chi connectivity index (χ4n) is 2.22.